The van der Waals surface area contributed by atoms with Crippen LogP contribution in [-0.2, 0) is 6.18 Å². The minimum Gasteiger partial charge on any atom is -0.388 e. The number of guanidine groups is 1. The van der Waals surface area contributed by atoms with Gasteiger partial charge in [0.15, 0.2) is 5.96 Å². The first-order chi connectivity index (χ1) is 9.57. The molecule has 1 amide bonds. The van der Waals surface area contributed by atoms with Crippen LogP contribution in [0.5, 0.6) is 0 Å². The molecule has 1 rings (SSSR count). The highest BCUT2D eigenvalue weighted by molar-refractivity contribution is 6.02. The predicted molar refractivity (Wildman–Crippen MR) is 71.6 cm³/mol. The molecule has 0 saturated heterocycles. The molecule has 0 radical (unpaired) electrons. The second-order valence-electron chi connectivity index (χ2n) is 4.52. The predicted octanol–water partition coefficient (Wildman–Crippen LogP) is 1.87. The molecule has 1 aromatic rings. The largest absolute Gasteiger partial charge is 0.416 e. The zero-order valence-corrected chi connectivity index (χ0v) is 11.5. The number of carbonyl (C=O) groups is 1. The van der Waals surface area contributed by atoms with Gasteiger partial charge in [0.1, 0.15) is 0 Å². The molecule has 5 nitrogen and oxygen atoms in total. The number of hydrogen-bond acceptors (Lipinski definition) is 2. The third-order valence-corrected chi connectivity index (χ3v) is 2.89. The van der Waals surface area contributed by atoms with Crippen LogP contribution in [-0.4, -0.2) is 17.0 Å². The summed E-state index contributed by atoms with van der Waals surface area (Å²) in [6, 6.07) is 1.87. The van der Waals surface area contributed by atoms with Crippen LogP contribution >= 0.6 is 0 Å². The first-order valence-electron chi connectivity index (χ1n) is 6.11. The van der Waals surface area contributed by atoms with Crippen LogP contribution in [0.4, 0.5) is 13.2 Å². The summed E-state index contributed by atoms with van der Waals surface area (Å²) < 4.78 is 39.4. The fourth-order valence-corrected chi connectivity index (χ4v) is 1.98. The zero-order valence-electron chi connectivity index (χ0n) is 11.5. The molecule has 1 aromatic carbocycles. The normalized spacial score (nSPS) is 12.9. The van der Waals surface area contributed by atoms with Gasteiger partial charge in [-0.25, -0.2) is 0 Å². The van der Waals surface area contributed by atoms with Gasteiger partial charge in [-0.05, 0) is 36.6 Å². The highest BCUT2D eigenvalue weighted by Gasteiger charge is 2.36. The van der Waals surface area contributed by atoms with Crippen molar-refractivity contribution >= 4 is 11.9 Å². The summed E-state index contributed by atoms with van der Waals surface area (Å²) in [5, 5.41) is 9.78. The van der Waals surface area contributed by atoms with E-state index in [1.165, 1.54) is 13.0 Å². The number of halogens is 3. The van der Waals surface area contributed by atoms with Crippen LogP contribution in [0.25, 0.3) is 0 Å². The van der Waals surface area contributed by atoms with E-state index < -0.39 is 29.7 Å². The van der Waals surface area contributed by atoms with Gasteiger partial charge in [-0.2, -0.15) is 18.2 Å². The monoisotopic (exact) mass is 303 g/mol. The van der Waals surface area contributed by atoms with E-state index in [1.807, 2.05) is 0 Å². The van der Waals surface area contributed by atoms with Gasteiger partial charge in [-0.15, -0.1) is 0 Å². The molecule has 0 aliphatic rings. The van der Waals surface area contributed by atoms with E-state index in [9.17, 15) is 23.1 Å². The van der Waals surface area contributed by atoms with Gasteiger partial charge in [-0.3, -0.25) is 4.79 Å². The zero-order chi connectivity index (χ0) is 16.4. The SMILES string of the molecule is CCC(O)c1c(C)cc(C(=O)N=C(N)N)cc1C(F)(F)F. The maximum Gasteiger partial charge on any atom is 0.416 e. The Kier molecular flexibility index (Phi) is 4.95. The molecule has 0 bridgehead atoms. The number of nitrogens with two attached hydrogens (primary N) is 2. The van der Waals surface area contributed by atoms with Crippen molar-refractivity contribution in [3.63, 3.8) is 0 Å². The topological polar surface area (TPSA) is 102 Å². The van der Waals surface area contributed by atoms with Crippen molar-refractivity contribution in [2.45, 2.75) is 32.5 Å². The van der Waals surface area contributed by atoms with E-state index in [4.69, 9.17) is 11.5 Å². The fraction of sp³-hybridized carbons (Fsp3) is 0.385. The van der Waals surface area contributed by atoms with Crippen LogP contribution in [0.15, 0.2) is 17.1 Å². The summed E-state index contributed by atoms with van der Waals surface area (Å²) in [7, 11) is 0. The van der Waals surface area contributed by atoms with Crippen LogP contribution in [0.1, 0.15) is 46.5 Å². The smallest absolute Gasteiger partial charge is 0.388 e. The maximum absolute atomic E-state index is 13.1. The lowest BCUT2D eigenvalue weighted by atomic mass is 9.92. The molecular weight excluding hydrogens is 287 g/mol. The number of aliphatic hydroxyl groups excluding tert-OH is 1. The minimum absolute atomic E-state index is 0.116. The van der Waals surface area contributed by atoms with Gasteiger partial charge in [0, 0.05) is 5.56 Å². The van der Waals surface area contributed by atoms with E-state index in [0.717, 1.165) is 0 Å². The summed E-state index contributed by atoms with van der Waals surface area (Å²) in [5.41, 5.74) is 8.62. The van der Waals surface area contributed by atoms with Gasteiger partial charge >= 0.3 is 6.18 Å². The molecule has 1 unspecified atom stereocenters. The lowest BCUT2D eigenvalue weighted by Gasteiger charge is -2.20. The Hall–Kier alpha value is -2.09. The second-order valence-corrected chi connectivity index (χ2v) is 4.52. The van der Waals surface area contributed by atoms with Gasteiger partial charge in [0.25, 0.3) is 5.91 Å². The third kappa shape index (κ3) is 3.94. The number of amides is 1. The molecule has 0 aromatic heterocycles. The van der Waals surface area contributed by atoms with Crippen molar-refractivity contribution in [2.24, 2.45) is 16.5 Å². The highest BCUT2D eigenvalue weighted by atomic mass is 19.4. The number of alkyl halides is 3. The third-order valence-electron chi connectivity index (χ3n) is 2.89. The van der Waals surface area contributed by atoms with Crippen molar-refractivity contribution < 1.29 is 23.1 Å². The number of aliphatic hydroxyl groups is 1. The average Bonchev–Trinajstić information content (AvgIpc) is 2.34. The lowest BCUT2D eigenvalue weighted by Crippen LogP contribution is -2.24. The Labute approximate surface area is 119 Å². The molecule has 8 heteroatoms. The molecule has 0 fully saturated rings. The van der Waals surface area contributed by atoms with Gasteiger partial charge in [-0.1, -0.05) is 6.92 Å². The van der Waals surface area contributed by atoms with Crippen molar-refractivity contribution in [1.29, 1.82) is 0 Å². The number of rotatable bonds is 3. The molecular formula is C13H16F3N3O2. The van der Waals surface area contributed by atoms with E-state index in [-0.39, 0.29) is 23.1 Å². The van der Waals surface area contributed by atoms with E-state index >= 15 is 0 Å². The first kappa shape index (κ1) is 17.0. The summed E-state index contributed by atoms with van der Waals surface area (Å²) >= 11 is 0. The van der Waals surface area contributed by atoms with Crippen LogP contribution in [0.3, 0.4) is 0 Å². The number of benzene rings is 1. The quantitative estimate of drug-likeness (QED) is 0.586. The lowest BCUT2D eigenvalue weighted by molar-refractivity contribution is -0.139. The van der Waals surface area contributed by atoms with Crippen LogP contribution < -0.4 is 11.5 Å². The number of aryl methyl sites for hydroxylation is 1. The molecule has 5 N–H and O–H groups in total. The summed E-state index contributed by atoms with van der Waals surface area (Å²) in [6.07, 6.45) is -5.86. The van der Waals surface area contributed by atoms with Crippen molar-refractivity contribution in [2.75, 3.05) is 0 Å². The van der Waals surface area contributed by atoms with E-state index in [0.29, 0.717) is 6.07 Å². The maximum atomic E-state index is 13.1. The Morgan fingerprint density at radius 3 is 2.38 bits per heavy atom. The standard InChI is InChI=1S/C13H16F3N3O2/c1-3-9(20)10-6(2)4-7(11(21)19-12(17)18)5-8(10)13(14,15)16/h4-5,9,20H,3H2,1-2H3,(H4,17,18,19,21). The Balaban J connectivity index is 3.53. The van der Waals surface area contributed by atoms with Gasteiger partial charge in [0.2, 0.25) is 0 Å². The minimum atomic E-state index is -4.70. The molecule has 21 heavy (non-hydrogen) atoms. The Bertz CT molecular complexity index is 579. The fourth-order valence-electron chi connectivity index (χ4n) is 1.98. The number of carbonyl (C=O) groups excluding carboxylic acids is 1. The molecule has 0 aliphatic carbocycles. The summed E-state index contributed by atoms with van der Waals surface area (Å²) in [5.74, 6) is -1.51. The molecule has 0 spiro atoms. The van der Waals surface area contributed by atoms with Crippen molar-refractivity contribution in [1.82, 2.24) is 0 Å². The first-order valence-corrected chi connectivity index (χ1v) is 6.11. The van der Waals surface area contributed by atoms with Crippen LogP contribution in [0, 0.1) is 6.92 Å². The molecule has 0 aliphatic heterocycles. The van der Waals surface area contributed by atoms with Crippen LogP contribution in [0.2, 0.25) is 0 Å². The number of nitrogens with zero attached hydrogens (tertiary/aromatic N) is 1. The second kappa shape index (κ2) is 6.13. The van der Waals surface area contributed by atoms with E-state index in [1.54, 1.807) is 6.92 Å². The Morgan fingerprint density at radius 2 is 1.95 bits per heavy atom. The van der Waals surface area contributed by atoms with Gasteiger partial charge in [0.05, 0.1) is 11.7 Å². The average molecular weight is 303 g/mol. The summed E-state index contributed by atoms with van der Waals surface area (Å²) in [4.78, 5) is 14.9. The molecule has 1 atom stereocenters. The number of hydrogen-bond donors (Lipinski definition) is 3. The molecule has 0 heterocycles. The number of aliphatic imine (C=N–C) groups is 1. The van der Waals surface area contributed by atoms with Crippen molar-refractivity contribution in [3.8, 4) is 0 Å². The van der Waals surface area contributed by atoms with E-state index in [2.05, 4.69) is 4.99 Å². The molecule has 116 valence electrons. The van der Waals surface area contributed by atoms with Crippen molar-refractivity contribution in [3.05, 3.63) is 34.4 Å². The highest BCUT2D eigenvalue weighted by Crippen LogP contribution is 2.38. The Morgan fingerprint density at radius 1 is 1.38 bits per heavy atom. The summed E-state index contributed by atoms with van der Waals surface area (Å²) in [6.45, 7) is 2.94. The van der Waals surface area contributed by atoms with Gasteiger partial charge < -0.3 is 16.6 Å². The molecule has 0 saturated carbocycles.